The quantitative estimate of drug-likeness (QED) is 0.835. The first-order chi connectivity index (χ1) is 8.18. The van der Waals surface area contributed by atoms with Gasteiger partial charge in [-0.2, -0.15) is 11.8 Å². The third kappa shape index (κ3) is 2.91. The zero-order valence-corrected chi connectivity index (χ0v) is 10.2. The fourth-order valence-corrected chi connectivity index (χ4v) is 2.69. The molecule has 1 heterocycles. The number of carbonyl (C=O) groups is 1. The van der Waals surface area contributed by atoms with Crippen molar-refractivity contribution in [3.8, 4) is 5.75 Å². The Hall–Kier alpha value is -1.23. The van der Waals surface area contributed by atoms with Crippen molar-refractivity contribution in [2.75, 3.05) is 24.6 Å². The third-order valence-electron chi connectivity index (χ3n) is 2.70. The van der Waals surface area contributed by atoms with Crippen LogP contribution in [0.1, 0.15) is 16.8 Å². The van der Waals surface area contributed by atoms with E-state index in [4.69, 9.17) is 0 Å². The molecule has 5 heteroatoms. The second-order valence-electron chi connectivity index (χ2n) is 3.92. The minimum atomic E-state index is -0.504. The van der Waals surface area contributed by atoms with Crippen molar-refractivity contribution >= 4 is 17.7 Å². The number of benzene rings is 1. The highest BCUT2D eigenvalue weighted by atomic mass is 32.2. The van der Waals surface area contributed by atoms with Gasteiger partial charge >= 0.3 is 0 Å². The van der Waals surface area contributed by atoms with E-state index >= 15 is 0 Å². The van der Waals surface area contributed by atoms with Gasteiger partial charge in [-0.3, -0.25) is 4.79 Å². The van der Waals surface area contributed by atoms with E-state index < -0.39 is 5.82 Å². The lowest BCUT2D eigenvalue weighted by atomic mass is 10.1. The molecule has 0 aromatic heterocycles. The van der Waals surface area contributed by atoms with E-state index in [0.717, 1.165) is 30.1 Å². The molecule has 3 nitrogen and oxygen atoms in total. The Morgan fingerprint density at radius 2 is 2.18 bits per heavy atom. The van der Waals surface area contributed by atoms with E-state index in [2.05, 4.69) is 0 Å². The minimum absolute atomic E-state index is 0.0527. The van der Waals surface area contributed by atoms with Gasteiger partial charge in [0.1, 0.15) is 11.6 Å². The van der Waals surface area contributed by atoms with E-state index in [1.54, 1.807) is 4.90 Å². The minimum Gasteiger partial charge on any atom is -0.507 e. The van der Waals surface area contributed by atoms with Crippen molar-refractivity contribution in [1.29, 1.82) is 0 Å². The number of phenols is 1. The van der Waals surface area contributed by atoms with Crippen LogP contribution in [0.5, 0.6) is 5.75 Å². The Bertz CT molecular complexity index is 417. The molecule has 0 unspecified atom stereocenters. The van der Waals surface area contributed by atoms with E-state index in [1.807, 2.05) is 11.8 Å². The first kappa shape index (κ1) is 12.2. The van der Waals surface area contributed by atoms with Crippen molar-refractivity contribution in [3.05, 3.63) is 29.6 Å². The molecule has 1 amide bonds. The predicted octanol–water partition coefficient (Wildman–Crippen LogP) is 2.11. The van der Waals surface area contributed by atoms with Crippen LogP contribution < -0.4 is 0 Å². The molecule has 0 saturated carbocycles. The Morgan fingerprint density at radius 1 is 1.35 bits per heavy atom. The first-order valence-corrected chi connectivity index (χ1v) is 6.69. The molecular formula is C12H14FNO2S. The fourth-order valence-electron chi connectivity index (χ4n) is 1.80. The van der Waals surface area contributed by atoms with Crippen LogP contribution in [0.25, 0.3) is 0 Å². The molecule has 0 spiro atoms. The van der Waals surface area contributed by atoms with Crippen molar-refractivity contribution in [2.45, 2.75) is 6.42 Å². The number of phenolic OH excluding ortho intramolecular Hbond substituents is 1. The number of amides is 1. The summed E-state index contributed by atoms with van der Waals surface area (Å²) in [5.41, 5.74) is 0.0527. The molecule has 0 radical (unpaired) electrons. The molecular weight excluding hydrogens is 241 g/mol. The van der Waals surface area contributed by atoms with Gasteiger partial charge < -0.3 is 10.0 Å². The largest absolute Gasteiger partial charge is 0.507 e. The summed E-state index contributed by atoms with van der Waals surface area (Å²) in [6.07, 6.45) is 0.937. The average molecular weight is 255 g/mol. The Morgan fingerprint density at radius 3 is 3.00 bits per heavy atom. The zero-order chi connectivity index (χ0) is 12.3. The summed E-state index contributed by atoms with van der Waals surface area (Å²) in [4.78, 5) is 13.8. The monoisotopic (exact) mass is 255 g/mol. The van der Waals surface area contributed by atoms with Gasteiger partial charge in [-0.25, -0.2) is 4.39 Å². The van der Waals surface area contributed by atoms with E-state index in [0.29, 0.717) is 13.1 Å². The Labute approximate surface area is 104 Å². The van der Waals surface area contributed by atoms with E-state index in [9.17, 15) is 14.3 Å². The topological polar surface area (TPSA) is 40.5 Å². The molecule has 0 aliphatic carbocycles. The zero-order valence-electron chi connectivity index (χ0n) is 9.36. The normalized spacial score (nSPS) is 16.6. The molecule has 0 atom stereocenters. The van der Waals surface area contributed by atoms with Crippen LogP contribution in [-0.4, -0.2) is 40.5 Å². The molecule has 1 aliphatic heterocycles. The highest BCUT2D eigenvalue weighted by molar-refractivity contribution is 7.99. The van der Waals surface area contributed by atoms with Gasteiger partial charge in [0.25, 0.3) is 5.91 Å². The number of thioether (sulfide) groups is 1. The summed E-state index contributed by atoms with van der Waals surface area (Å²) in [6, 6.07) is 3.45. The third-order valence-corrected chi connectivity index (χ3v) is 3.75. The van der Waals surface area contributed by atoms with Crippen LogP contribution in [0.3, 0.4) is 0 Å². The van der Waals surface area contributed by atoms with Crippen LogP contribution >= 0.6 is 11.8 Å². The predicted molar refractivity (Wildman–Crippen MR) is 65.9 cm³/mol. The van der Waals surface area contributed by atoms with Gasteiger partial charge in [0, 0.05) is 18.8 Å². The molecule has 1 aliphatic rings. The molecule has 1 fully saturated rings. The van der Waals surface area contributed by atoms with E-state index in [-0.39, 0.29) is 17.2 Å². The van der Waals surface area contributed by atoms with Crippen LogP contribution in [0.15, 0.2) is 18.2 Å². The summed E-state index contributed by atoms with van der Waals surface area (Å²) in [6.45, 7) is 1.32. The van der Waals surface area contributed by atoms with Gasteiger partial charge in [-0.15, -0.1) is 0 Å². The number of hydrogen-bond donors (Lipinski definition) is 1. The smallest absolute Gasteiger partial charge is 0.257 e. The standard InChI is InChI=1S/C12H14FNO2S/c13-9-2-3-11(15)10(8-9)12(16)14-4-1-6-17-7-5-14/h2-3,8,15H,1,4-7H2. The molecule has 1 aromatic carbocycles. The highest BCUT2D eigenvalue weighted by Gasteiger charge is 2.20. The molecule has 92 valence electrons. The van der Waals surface area contributed by atoms with Crippen molar-refractivity contribution < 1.29 is 14.3 Å². The fraction of sp³-hybridized carbons (Fsp3) is 0.417. The maximum Gasteiger partial charge on any atom is 0.257 e. The number of rotatable bonds is 1. The second-order valence-corrected chi connectivity index (χ2v) is 5.14. The van der Waals surface area contributed by atoms with Crippen LogP contribution in [0.2, 0.25) is 0 Å². The molecule has 0 bridgehead atoms. The lowest BCUT2D eigenvalue weighted by Crippen LogP contribution is -2.33. The Kier molecular flexibility index (Phi) is 3.89. The summed E-state index contributed by atoms with van der Waals surface area (Å²) < 4.78 is 13.1. The van der Waals surface area contributed by atoms with Crippen molar-refractivity contribution in [1.82, 2.24) is 4.90 Å². The van der Waals surface area contributed by atoms with Gasteiger partial charge in [0.2, 0.25) is 0 Å². The molecule has 1 aromatic rings. The second kappa shape index (κ2) is 5.40. The average Bonchev–Trinajstić information content (AvgIpc) is 2.60. The highest BCUT2D eigenvalue weighted by Crippen LogP contribution is 2.21. The van der Waals surface area contributed by atoms with Gasteiger partial charge in [0.05, 0.1) is 5.56 Å². The summed E-state index contributed by atoms with van der Waals surface area (Å²) in [5, 5.41) is 9.59. The van der Waals surface area contributed by atoms with Crippen LogP contribution in [0, 0.1) is 5.82 Å². The summed E-state index contributed by atoms with van der Waals surface area (Å²) in [7, 11) is 0. The van der Waals surface area contributed by atoms with Gasteiger partial charge in [0.15, 0.2) is 0 Å². The number of carbonyl (C=O) groups excluding carboxylic acids is 1. The lowest BCUT2D eigenvalue weighted by Gasteiger charge is -2.20. The number of halogens is 1. The molecule has 17 heavy (non-hydrogen) atoms. The van der Waals surface area contributed by atoms with Gasteiger partial charge in [-0.1, -0.05) is 0 Å². The van der Waals surface area contributed by atoms with Crippen molar-refractivity contribution in [2.24, 2.45) is 0 Å². The summed E-state index contributed by atoms with van der Waals surface area (Å²) in [5.74, 6) is 0.980. The molecule has 1 saturated heterocycles. The van der Waals surface area contributed by atoms with E-state index in [1.165, 1.54) is 6.07 Å². The Balaban J connectivity index is 2.20. The summed E-state index contributed by atoms with van der Waals surface area (Å²) >= 11 is 1.81. The number of hydrogen-bond acceptors (Lipinski definition) is 3. The van der Waals surface area contributed by atoms with Crippen LogP contribution in [-0.2, 0) is 0 Å². The lowest BCUT2D eigenvalue weighted by molar-refractivity contribution is 0.0765. The van der Waals surface area contributed by atoms with Crippen LogP contribution in [0.4, 0.5) is 4.39 Å². The van der Waals surface area contributed by atoms with Crippen molar-refractivity contribution in [3.63, 3.8) is 0 Å². The SMILES string of the molecule is O=C(c1cc(F)ccc1O)N1CCCSCC1. The number of nitrogens with zero attached hydrogens (tertiary/aromatic N) is 1. The number of aromatic hydroxyl groups is 1. The van der Waals surface area contributed by atoms with Gasteiger partial charge in [-0.05, 0) is 30.4 Å². The first-order valence-electron chi connectivity index (χ1n) is 5.54. The molecule has 2 rings (SSSR count). The molecule has 1 N–H and O–H groups in total. The maximum absolute atomic E-state index is 13.1. The maximum atomic E-state index is 13.1.